The van der Waals surface area contributed by atoms with E-state index >= 15 is 0 Å². The van der Waals surface area contributed by atoms with Gasteiger partial charge in [0.15, 0.2) is 0 Å². The van der Waals surface area contributed by atoms with Crippen LogP contribution in [0.3, 0.4) is 0 Å². The van der Waals surface area contributed by atoms with Crippen molar-refractivity contribution in [3.05, 3.63) is 18.1 Å². The molecule has 1 fully saturated rings. The molecule has 0 unspecified atom stereocenters. The molecule has 4 nitrogen and oxygen atoms in total. The van der Waals surface area contributed by atoms with E-state index in [1.165, 1.54) is 0 Å². The van der Waals surface area contributed by atoms with Crippen molar-refractivity contribution >= 4 is 5.82 Å². The number of nitrogens with zero attached hydrogens (tertiary/aromatic N) is 3. The minimum absolute atomic E-state index is 0.795. The number of aryl methyl sites for hydroxylation is 1. The van der Waals surface area contributed by atoms with Crippen LogP contribution < -0.4 is 4.90 Å². The van der Waals surface area contributed by atoms with E-state index in [1.807, 2.05) is 13.0 Å². The molecule has 0 N–H and O–H groups in total. The van der Waals surface area contributed by atoms with Crippen LogP contribution >= 0.6 is 0 Å². The maximum atomic E-state index is 5.27. The fourth-order valence-electron chi connectivity index (χ4n) is 1.41. The lowest BCUT2D eigenvalue weighted by molar-refractivity contribution is 0.122. The molecule has 0 radical (unpaired) electrons. The van der Waals surface area contributed by atoms with Gasteiger partial charge in [-0.3, -0.25) is 0 Å². The number of ether oxygens (including phenoxy) is 1. The van der Waals surface area contributed by atoms with E-state index in [1.54, 1.807) is 6.20 Å². The topological polar surface area (TPSA) is 38.2 Å². The molecule has 13 heavy (non-hydrogen) atoms. The second kappa shape index (κ2) is 3.70. The summed E-state index contributed by atoms with van der Waals surface area (Å²) < 4.78 is 5.27. The largest absolute Gasteiger partial charge is 0.378 e. The fourth-order valence-corrected chi connectivity index (χ4v) is 1.41. The molecule has 1 aromatic rings. The first-order valence-corrected chi connectivity index (χ1v) is 4.48. The van der Waals surface area contributed by atoms with Gasteiger partial charge in [-0.05, 0) is 13.0 Å². The van der Waals surface area contributed by atoms with E-state index in [9.17, 15) is 0 Å². The lowest BCUT2D eigenvalue weighted by atomic mass is 10.4. The average Bonchev–Trinajstić information content (AvgIpc) is 2.19. The van der Waals surface area contributed by atoms with Crippen LogP contribution in [0.5, 0.6) is 0 Å². The molecule has 0 spiro atoms. The van der Waals surface area contributed by atoms with Crippen LogP contribution in [0.25, 0.3) is 0 Å². The highest BCUT2D eigenvalue weighted by atomic mass is 16.5. The summed E-state index contributed by atoms with van der Waals surface area (Å²) in [4.78, 5) is 10.6. The Hall–Kier alpha value is -1.16. The highest BCUT2D eigenvalue weighted by molar-refractivity contribution is 5.37. The lowest BCUT2D eigenvalue weighted by Gasteiger charge is -2.27. The quantitative estimate of drug-likeness (QED) is 0.633. The van der Waals surface area contributed by atoms with Crippen molar-refractivity contribution < 1.29 is 4.74 Å². The summed E-state index contributed by atoms with van der Waals surface area (Å²) in [5, 5.41) is 0. The summed E-state index contributed by atoms with van der Waals surface area (Å²) in [6.45, 7) is 5.35. The number of rotatable bonds is 1. The molecule has 0 bridgehead atoms. The minimum Gasteiger partial charge on any atom is -0.378 e. The smallest absolute Gasteiger partial charge is 0.132 e. The van der Waals surface area contributed by atoms with Crippen molar-refractivity contribution in [2.75, 3.05) is 31.2 Å². The molecule has 1 aromatic heterocycles. The summed E-state index contributed by atoms with van der Waals surface area (Å²) in [6.07, 6.45) is 1.80. The van der Waals surface area contributed by atoms with Crippen molar-refractivity contribution in [1.29, 1.82) is 0 Å². The SMILES string of the molecule is Cc1nccc(N2CCOCC2)n1. The highest BCUT2D eigenvalue weighted by Gasteiger charge is 2.11. The van der Waals surface area contributed by atoms with Gasteiger partial charge in [0.2, 0.25) is 0 Å². The summed E-state index contributed by atoms with van der Waals surface area (Å²) in [5.74, 6) is 1.83. The van der Waals surface area contributed by atoms with Crippen LogP contribution in [-0.4, -0.2) is 36.3 Å². The third kappa shape index (κ3) is 1.95. The number of aromatic nitrogens is 2. The molecular formula is C9H13N3O. The Kier molecular flexibility index (Phi) is 2.40. The molecule has 1 saturated heterocycles. The first-order chi connectivity index (χ1) is 6.36. The normalized spacial score (nSPS) is 17.5. The van der Waals surface area contributed by atoms with Gasteiger partial charge in [0.05, 0.1) is 13.2 Å². The van der Waals surface area contributed by atoms with Crippen molar-refractivity contribution in [1.82, 2.24) is 9.97 Å². The number of hydrogen-bond acceptors (Lipinski definition) is 4. The van der Waals surface area contributed by atoms with Gasteiger partial charge in [-0.25, -0.2) is 9.97 Å². The minimum atomic E-state index is 0.795. The molecule has 4 heteroatoms. The standard InChI is InChI=1S/C9H13N3O/c1-8-10-3-2-9(11-8)12-4-6-13-7-5-12/h2-3H,4-7H2,1H3. The van der Waals surface area contributed by atoms with Gasteiger partial charge in [-0.2, -0.15) is 0 Å². The van der Waals surface area contributed by atoms with Gasteiger partial charge in [0, 0.05) is 19.3 Å². The highest BCUT2D eigenvalue weighted by Crippen LogP contribution is 2.10. The van der Waals surface area contributed by atoms with Gasteiger partial charge >= 0.3 is 0 Å². The van der Waals surface area contributed by atoms with Crippen LogP contribution in [0, 0.1) is 6.92 Å². The first kappa shape index (κ1) is 8.44. The molecule has 0 aromatic carbocycles. The zero-order chi connectivity index (χ0) is 9.10. The zero-order valence-corrected chi connectivity index (χ0v) is 7.73. The molecule has 1 aliphatic heterocycles. The van der Waals surface area contributed by atoms with E-state index in [0.717, 1.165) is 37.9 Å². The van der Waals surface area contributed by atoms with Crippen molar-refractivity contribution in [2.45, 2.75) is 6.92 Å². The average molecular weight is 179 g/mol. The Morgan fingerprint density at radius 1 is 1.38 bits per heavy atom. The molecule has 70 valence electrons. The van der Waals surface area contributed by atoms with E-state index in [2.05, 4.69) is 14.9 Å². The molecule has 0 aliphatic carbocycles. The summed E-state index contributed by atoms with van der Waals surface area (Å²) in [6, 6.07) is 1.94. The Balaban J connectivity index is 2.14. The third-order valence-electron chi connectivity index (χ3n) is 2.10. The van der Waals surface area contributed by atoms with Gasteiger partial charge in [-0.1, -0.05) is 0 Å². The van der Waals surface area contributed by atoms with E-state index in [-0.39, 0.29) is 0 Å². The fraction of sp³-hybridized carbons (Fsp3) is 0.556. The second-order valence-electron chi connectivity index (χ2n) is 3.06. The van der Waals surface area contributed by atoms with Gasteiger partial charge in [0.25, 0.3) is 0 Å². The molecular weight excluding hydrogens is 166 g/mol. The van der Waals surface area contributed by atoms with Crippen LogP contribution in [-0.2, 0) is 4.74 Å². The Morgan fingerprint density at radius 3 is 2.85 bits per heavy atom. The maximum Gasteiger partial charge on any atom is 0.132 e. The van der Waals surface area contributed by atoms with Crippen molar-refractivity contribution in [3.8, 4) is 0 Å². The number of anilines is 1. The van der Waals surface area contributed by atoms with Crippen LogP contribution in [0.1, 0.15) is 5.82 Å². The molecule has 1 aliphatic rings. The van der Waals surface area contributed by atoms with Crippen molar-refractivity contribution in [2.24, 2.45) is 0 Å². The van der Waals surface area contributed by atoms with Gasteiger partial charge < -0.3 is 9.64 Å². The monoisotopic (exact) mass is 179 g/mol. The Bertz CT molecular complexity index is 284. The van der Waals surface area contributed by atoms with Gasteiger partial charge in [0.1, 0.15) is 11.6 Å². The van der Waals surface area contributed by atoms with Crippen LogP contribution in [0.4, 0.5) is 5.82 Å². The van der Waals surface area contributed by atoms with Crippen LogP contribution in [0.15, 0.2) is 12.3 Å². The lowest BCUT2D eigenvalue weighted by Crippen LogP contribution is -2.36. The number of hydrogen-bond donors (Lipinski definition) is 0. The van der Waals surface area contributed by atoms with E-state index in [0.29, 0.717) is 0 Å². The van der Waals surface area contributed by atoms with E-state index < -0.39 is 0 Å². The molecule has 0 amide bonds. The molecule has 2 rings (SSSR count). The molecule has 0 saturated carbocycles. The van der Waals surface area contributed by atoms with E-state index in [4.69, 9.17) is 4.74 Å². The van der Waals surface area contributed by atoms with Crippen LogP contribution in [0.2, 0.25) is 0 Å². The predicted molar refractivity (Wildman–Crippen MR) is 49.8 cm³/mol. The summed E-state index contributed by atoms with van der Waals surface area (Å²) in [7, 11) is 0. The first-order valence-electron chi connectivity index (χ1n) is 4.48. The summed E-state index contributed by atoms with van der Waals surface area (Å²) in [5.41, 5.74) is 0. The third-order valence-corrected chi connectivity index (χ3v) is 2.10. The maximum absolute atomic E-state index is 5.27. The second-order valence-corrected chi connectivity index (χ2v) is 3.06. The van der Waals surface area contributed by atoms with Crippen molar-refractivity contribution in [3.63, 3.8) is 0 Å². The zero-order valence-electron chi connectivity index (χ0n) is 7.73. The molecule has 0 atom stereocenters. The predicted octanol–water partition coefficient (Wildman–Crippen LogP) is 0.622. The number of morpholine rings is 1. The summed E-state index contributed by atoms with van der Waals surface area (Å²) >= 11 is 0. The Labute approximate surface area is 77.6 Å². The van der Waals surface area contributed by atoms with Gasteiger partial charge in [-0.15, -0.1) is 0 Å². The molecule has 2 heterocycles. The Morgan fingerprint density at radius 2 is 2.15 bits per heavy atom.